The number of para-hydroxylation sites is 1. The number of amides is 1. The van der Waals surface area contributed by atoms with E-state index in [9.17, 15) is 4.79 Å². The van der Waals surface area contributed by atoms with E-state index in [0.717, 1.165) is 18.7 Å². The van der Waals surface area contributed by atoms with Crippen LogP contribution in [-0.4, -0.2) is 25.1 Å². The van der Waals surface area contributed by atoms with Crippen molar-refractivity contribution in [3.05, 3.63) is 58.6 Å². The molecule has 0 spiro atoms. The van der Waals surface area contributed by atoms with Crippen molar-refractivity contribution in [2.24, 2.45) is 0 Å². The van der Waals surface area contributed by atoms with Gasteiger partial charge in [-0.05, 0) is 37.6 Å². The Morgan fingerprint density at radius 3 is 2.58 bits per heavy atom. The van der Waals surface area contributed by atoms with E-state index in [0.29, 0.717) is 22.3 Å². The number of rotatable bonds is 8. The van der Waals surface area contributed by atoms with E-state index >= 15 is 0 Å². The van der Waals surface area contributed by atoms with E-state index in [1.165, 1.54) is 0 Å². The summed E-state index contributed by atoms with van der Waals surface area (Å²) in [5, 5.41) is 6.84. The minimum absolute atomic E-state index is 0.189. The van der Waals surface area contributed by atoms with Crippen LogP contribution < -0.4 is 15.4 Å². The number of benzene rings is 2. The Kier molecular flexibility index (Phi) is 7.22. The maximum absolute atomic E-state index is 12.0. The summed E-state index contributed by atoms with van der Waals surface area (Å²) in [5.74, 6) is 0.211. The molecular weight excluding hydrogens is 347 g/mol. The van der Waals surface area contributed by atoms with Gasteiger partial charge in [-0.25, -0.2) is 0 Å². The molecule has 1 atom stereocenters. The van der Waals surface area contributed by atoms with Crippen LogP contribution in [0.5, 0.6) is 5.75 Å². The molecular formula is C18H20Cl2N2O2. The van der Waals surface area contributed by atoms with E-state index in [2.05, 4.69) is 10.6 Å². The molecule has 0 aliphatic heterocycles. The van der Waals surface area contributed by atoms with E-state index < -0.39 is 6.10 Å². The van der Waals surface area contributed by atoms with Gasteiger partial charge in [-0.15, -0.1) is 0 Å². The molecule has 0 fully saturated rings. The normalized spacial score (nSPS) is 11.6. The lowest BCUT2D eigenvalue weighted by Crippen LogP contribution is -2.37. The highest BCUT2D eigenvalue weighted by Crippen LogP contribution is 2.32. The van der Waals surface area contributed by atoms with Crippen LogP contribution in [-0.2, 0) is 4.79 Å². The molecule has 2 aromatic rings. The van der Waals surface area contributed by atoms with Gasteiger partial charge in [0, 0.05) is 18.8 Å². The summed E-state index contributed by atoms with van der Waals surface area (Å²) in [4.78, 5) is 12.0. The third-order valence-corrected chi connectivity index (χ3v) is 4.15. The third-order valence-electron chi connectivity index (χ3n) is 3.34. The average molecular weight is 367 g/mol. The van der Waals surface area contributed by atoms with Gasteiger partial charge < -0.3 is 15.4 Å². The Labute approximate surface area is 152 Å². The number of nitrogens with one attached hydrogen (secondary N) is 2. The standard InChI is InChI=1S/C18H20Cl2N2O2/c1-13(24-16-10-5-9-15(19)17(16)20)18(23)22-12-6-11-21-14-7-3-2-4-8-14/h2-5,7-10,13,21H,6,11-12H2,1H3,(H,22,23). The van der Waals surface area contributed by atoms with Crippen LogP contribution in [0.2, 0.25) is 10.0 Å². The summed E-state index contributed by atoms with van der Waals surface area (Å²) in [7, 11) is 0. The molecule has 4 nitrogen and oxygen atoms in total. The molecule has 0 saturated heterocycles. The van der Waals surface area contributed by atoms with Crippen molar-refractivity contribution in [1.29, 1.82) is 0 Å². The van der Waals surface area contributed by atoms with E-state index in [4.69, 9.17) is 27.9 Å². The highest BCUT2D eigenvalue weighted by Gasteiger charge is 2.16. The second-order valence-electron chi connectivity index (χ2n) is 5.25. The second kappa shape index (κ2) is 9.40. The maximum Gasteiger partial charge on any atom is 0.260 e. The molecule has 2 aromatic carbocycles. The van der Waals surface area contributed by atoms with Crippen molar-refractivity contribution in [2.75, 3.05) is 18.4 Å². The number of carbonyl (C=O) groups excluding carboxylic acids is 1. The van der Waals surface area contributed by atoms with Crippen LogP contribution in [0.1, 0.15) is 13.3 Å². The maximum atomic E-state index is 12.0. The molecule has 2 N–H and O–H groups in total. The summed E-state index contributed by atoms with van der Waals surface area (Å²) >= 11 is 12.0. The van der Waals surface area contributed by atoms with Crippen LogP contribution in [0.25, 0.3) is 0 Å². The molecule has 0 aliphatic carbocycles. The highest BCUT2D eigenvalue weighted by molar-refractivity contribution is 6.42. The Morgan fingerprint density at radius 2 is 1.83 bits per heavy atom. The first-order valence-corrected chi connectivity index (χ1v) is 8.51. The van der Waals surface area contributed by atoms with Gasteiger partial charge in [0.1, 0.15) is 10.8 Å². The minimum atomic E-state index is -0.650. The third kappa shape index (κ3) is 5.62. The first-order chi connectivity index (χ1) is 11.6. The Bertz CT molecular complexity index is 665. The quantitative estimate of drug-likeness (QED) is 0.681. The van der Waals surface area contributed by atoms with Gasteiger partial charge in [-0.1, -0.05) is 47.5 Å². The van der Waals surface area contributed by atoms with Crippen molar-refractivity contribution >= 4 is 34.8 Å². The summed E-state index contributed by atoms with van der Waals surface area (Å²) in [6.07, 6.45) is 0.161. The van der Waals surface area contributed by atoms with Gasteiger partial charge >= 0.3 is 0 Å². The summed E-state index contributed by atoms with van der Waals surface area (Å²) in [6, 6.07) is 15.0. The number of ether oxygens (including phenoxy) is 1. The molecule has 1 amide bonds. The molecule has 0 radical (unpaired) electrons. The van der Waals surface area contributed by atoms with Gasteiger partial charge in [0.05, 0.1) is 5.02 Å². The molecule has 6 heteroatoms. The van der Waals surface area contributed by atoms with Crippen LogP contribution in [0.3, 0.4) is 0 Å². The molecule has 24 heavy (non-hydrogen) atoms. The van der Waals surface area contributed by atoms with Crippen molar-refractivity contribution in [3.8, 4) is 5.75 Å². The van der Waals surface area contributed by atoms with E-state index in [-0.39, 0.29) is 5.91 Å². The van der Waals surface area contributed by atoms with Gasteiger partial charge in [-0.3, -0.25) is 4.79 Å². The number of carbonyl (C=O) groups is 1. The van der Waals surface area contributed by atoms with Gasteiger partial charge in [0.25, 0.3) is 5.91 Å². The summed E-state index contributed by atoms with van der Waals surface area (Å²) in [6.45, 7) is 3.02. The first-order valence-electron chi connectivity index (χ1n) is 7.75. The SMILES string of the molecule is CC(Oc1cccc(Cl)c1Cl)C(=O)NCCCNc1ccccc1. The fraction of sp³-hybridized carbons (Fsp3) is 0.278. The fourth-order valence-corrected chi connectivity index (χ4v) is 2.39. The highest BCUT2D eigenvalue weighted by atomic mass is 35.5. The predicted octanol–water partition coefficient (Wildman–Crippen LogP) is 4.38. The zero-order valence-electron chi connectivity index (χ0n) is 13.4. The van der Waals surface area contributed by atoms with Crippen molar-refractivity contribution in [2.45, 2.75) is 19.4 Å². The van der Waals surface area contributed by atoms with Gasteiger partial charge in [0.15, 0.2) is 6.10 Å². The van der Waals surface area contributed by atoms with E-state index in [1.807, 2.05) is 30.3 Å². The van der Waals surface area contributed by atoms with Crippen LogP contribution >= 0.6 is 23.2 Å². The van der Waals surface area contributed by atoms with Crippen LogP contribution in [0.15, 0.2) is 48.5 Å². The van der Waals surface area contributed by atoms with Crippen molar-refractivity contribution in [3.63, 3.8) is 0 Å². The number of hydrogen-bond acceptors (Lipinski definition) is 3. The zero-order chi connectivity index (χ0) is 17.4. The largest absolute Gasteiger partial charge is 0.479 e. The minimum Gasteiger partial charge on any atom is -0.479 e. The molecule has 0 aliphatic rings. The van der Waals surface area contributed by atoms with Crippen molar-refractivity contribution < 1.29 is 9.53 Å². The van der Waals surface area contributed by atoms with E-state index in [1.54, 1.807) is 25.1 Å². The van der Waals surface area contributed by atoms with Crippen LogP contribution in [0.4, 0.5) is 5.69 Å². The Hall–Kier alpha value is -1.91. The Morgan fingerprint density at radius 1 is 1.08 bits per heavy atom. The lowest BCUT2D eigenvalue weighted by Gasteiger charge is -2.16. The molecule has 0 aromatic heterocycles. The average Bonchev–Trinajstić information content (AvgIpc) is 2.59. The number of hydrogen-bond donors (Lipinski definition) is 2. The Balaban J connectivity index is 1.69. The lowest BCUT2D eigenvalue weighted by molar-refractivity contribution is -0.127. The molecule has 0 heterocycles. The fourth-order valence-electron chi connectivity index (χ4n) is 2.05. The van der Waals surface area contributed by atoms with Crippen molar-refractivity contribution in [1.82, 2.24) is 5.32 Å². The zero-order valence-corrected chi connectivity index (χ0v) is 14.9. The molecule has 1 unspecified atom stereocenters. The molecule has 0 bridgehead atoms. The molecule has 2 rings (SSSR count). The molecule has 128 valence electrons. The summed E-state index contributed by atoms with van der Waals surface area (Å²) in [5.41, 5.74) is 1.07. The predicted molar refractivity (Wildman–Crippen MR) is 99.1 cm³/mol. The monoisotopic (exact) mass is 366 g/mol. The summed E-state index contributed by atoms with van der Waals surface area (Å²) < 4.78 is 5.57. The van der Waals surface area contributed by atoms with Gasteiger partial charge in [-0.2, -0.15) is 0 Å². The first kappa shape index (κ1) is 18.4. The topological polar surface area (TPSA) is 50.4 Å². The second-order valence-corrected chi connectivity index (χ2v) is 6.03. The smallest absolute Gasteiger partial charge is 0.260 e. The lowest BCUT2D eigenvalue weighted by atomic mass is 10.3. The van der Waals surface area contributed by atoms with Crippen LogP contribution in [0, 0.1) is 0 Å². The van der Waals surface area contributed by atoms with Gasteiger partial charge in [0.2, 0.25) is 0 Å². The molecule has 0 saturated carbocycles. The number of anilines is 1. The number of halogens is 2.